The highest BCUT2D eigenvalue weighted by atomic mass is 16.5. The van der Waals surface area contributed by atoms with Gasteiger partial charge in [0.1, 0.15) is 6.23 Å². The van der Waals surface area contributed by atoms with Crippen molar-refractivity contribution in [2.45, 2.75) is 26.0 Å². The molecule has 14 heavy (non-hydrogen) atoms. The van der Waals surface area contributed by atoms with Gasteiger partial charge >= 0.3 is 0 Å². The Morgan fingerprint density at radius 3 is 2.79 bits per heavy atom. The SMILES string of the molecule is CCCCOCC(O)N1CCOCC1. The molecule has 0 aliphatic carbocycles. The number of morpholine rings is 1. The molecule has 0 spiro atoms. The highest BCUT2D eigenvalue weighted by molar-refractivity contribution is 4.64. The van der Waals surface area contributed by atoms with Crippen LogP contribution in [0.3, 0.4) is 0 Å². The zero-order valence-corrected chi connectivity index (χ0v) is 8.95. The van der Waals surface area contributed by atoms with Gasteiger partial charge in [0.05, 0.1) is 19.8 Å². The maximum atomic E-state index is 9.72. The van der Waals surface area contributed by atoms with Crippen LogP contribution in [-0.4, -0.2) is 55.8 Å². The maximum Gasteiger partial charge on any atom is 0.131 e. The lowest BCUT2D eigenvalue weighted by atomic mass is 10.3. The van der Waals surface area contributed by atoms with E-state index >= 15 is 0 Å². The Morgan fingerprint density at radius 2 is 2.14 bits per heavy atom. The van der Waals surface area contributed by atoms with Gasteiger partial charge in [-0.3, -0.25) is 4.90 Å². The van der Waals surface area contributed by atoms with Crippen LogP contribution >= 0.6 is 0 Å². The Bertz CT molecular complexity index is 137. The Morgan fingerprint density at radius 1 is 1.43 bits per heavy atom. The molecule has 4 heteroatoms. The minimum absolute atomic E-state index is 0.417. The van der Waals surface area contributed by atoms with E-state index in [1.165, 1.54) is 0 Å². The molecule has 0 aromatic rings. The second kappa shape index (κ2) is 7.17. The van der Waals surface area contributed by atoms with Gasteiger partial charge in [0.25, 0.3) is 0 Å². The van der Waals surface area contributed by atoms with Gasteiger partial charge < -0.3 is 14.6 Å². The largest absolute Gasteiger partial charge is 0.379 e. The molecule has 0 amide bonds. The number of rotatable bonds is 6. The van der Waals surface area contributed by atoms with Crippen LogP contribution < -0.4 is 0 Å². The van der Waals surface area contributed by atoms with E-state index in [0.717, 1.165) is 32.5 Å². The molecule has 1 aliphatic heterocycles. The molecule has 0 saturated carbocycles. The molecule has 4 nitrogen and oxygen atoms in total. The van der Waals surface area contributed by atoms with Gasteiger partial charge in [-0.2, -0.15) is 0 Å². The van der Waals surface area contributed by atoms with Crippen molar-refractivity contribution in [1.82, 2.24) is 4.90 Å². The number of aliphatic hydroxyl groups excluding tert-OH is 1. The van der Waals surface area contributed by atoms with E-state index < -0.39 is 6.23 Å². The first kappa shape index (κ1) is 11.9. The highest BCUT2D eigenvalue weighted by Crippen LogP contribution is 2.02. The van der Waals surface area contributed by atoms with Crippen molar-refractivity contribution in [3.05, 3.63) is 0 Å². The molecule has 1 N–H and O–H groups in total. The second-order valence-corrected chi connectivity index (χ2v) is 3.56. The van der Waals surface area contributed by atoms with Crippen LogP contribution in [0.5, 0.6) is 0 Å². The van der Waals surface area contributed by atoms with E-state index in [2.05, 4.69) is 6.92 Å². The molecular weight excluding hydrogens is 182 g/mol. The highest BCUT2D eigenvalue weighted by Gasteiger charge is 2.18. The molecule has 0 aromatic carbocycles. The molecule has 1 saturated heterocycles. The fourth-order valence-corrected chi connectivity index (χ4v) is 1.42. The van der Waals surface area contributed by atoms with E-state index in [-0.39, 0.29) is 0 Å². The molecule has 0 radical (unpaired) electrons. The van der Waals surface area contributed by atoms with Gasteiger partial charge in [-0.1, -0.05) is 13.3 Å². The van der Waals surface area contributed by atoms with Crippen molar-refractivity contribution in [3.63, 3.8) is 0 Å². The zero-order chi connectivity index (χ0) is 10.2. The number of aliphatic hydroxyl groups is 1. The summed E-state index contributed by atoms with van der Waals surface area (Å²) < 4.78 is 10.6. The van der Waals surface area contributed by atoms with Crippen LogP contribution in [-0.2, 0) is 9.47 Å². The third kappa shape index (κ3) is 4.37. The van der Waals surface area contributed by atoms with Gasteiger partial charge in [-0.25, -0.2) is 0 Å². The molecule has 1 unspecified atom stereocenters. The third-order valence-corrected chi connectivity index (χ3v) is 2.38. The lowest BCUT2D eigenvalue weighted by Crippen LogP contribution is -2.45. The Balaban J connectivity index is 2.04. The van der Waals surface area contributed by atoms with Gasteiger partial charge in [-0.05, 0) is 6.42 Å². The zero-order valence-electron chi connectivity index (χ0n) is 8.95. The molecule has 1 aliphatic rings. The summed E-state index contributed by atoms with van der Waals surface area (Å²) in [6, 6.07) is 0. The molecule has 84 valence electrons. The summed E-state index contributed by atoms with van der Waals surface area (Å²) in [5.41, 5.74) is 0. The van der Waals surface area contributed by atoms with E-state index in [0.29, 0.717) is 19.8 Å². The lowest BCUT2D eigenvalue weighted by molar-refractivity contribution is -0.0935. The minimum atomic E-state index is -0.462. The van der Waals surface area contributed by atoms with Crippen LogP contribution in [0, 0.1) is 0 Å². The first-order valence-corrected chi connectivity index (χ1v) is 5.42. The number of hydrogen-bond acceptors (Lipinski definition) is 4. The summed E-state index contributed by atoms with van der Waals surface area (Å²) in [4.78, 5) is 2.00. The summed E-state index contributed by atoms with van der Waals surface area (Å²) in [6.45, 7) is 6.33. The molecule has 1 rings (SSSR count). The van der Waals surface area contributed by atoms with E-state index in [1.807, 2.05) is 4.90 Å². The standard InChI is InChI=1S/C10H21NO3/c1-2-3-6-14-9-10(12)11-4-7-13-8-5-11/h10,12H,2-9H2,1H3. The predicted octanol–water partition coefficient (Wildman–Crippen LogP) is 0.454. The first-order chi connectivity index (χ1) is 6.84. The Hall–Kier alpha value is -0.160. The summed E-state index contributed by atoms with van der Waals surface area (Å²) in [5.74, 6) is 0. The van der Waals surface area contributed by atoms with Crippen LogP contribution in [0.4, 0.5) is 0 Å². The summed E-state index contributed by atoms with van der Waals surface area (Å²) in [7, 11) is 0. The first-order valence-electron chi connectivity index (χ1n) is 5.42. The van der Waals surface area contributed by atoms with E-state index in [1.54, 1.807) is 0 Å². The molecule has 1 heterocycles. The summed E-state index contributed by atoms with van der Waals surface area (Å²) >= 11 is 0. The monoisotopic (exact) mass is 203 g/mol. The summed E-state index contributed by atoms with van der Waals surface area (Å²) in [6.07, 6.45) is 1.74. The predicted molar refractivity (Wildman–Crippen MR) is 54.1 cm³/mol. The van der Waals surface area contributed by atoms with Crippen LogP contribution in [0.2, 0.25) is 0 Å². The Kier molecular flexibility index (Phi) is 6.10. The fraction of sp³-hybridized carbons (Fsp3) is 1.00. The molecular formula is C10H21NO3. The Labute approximate surface area is 85.8 Å². The van der Waals surface area contributed by atoms with Crippen molar-refractivity contribution >= 4 is 0 Å². The number of hydrogen-bond donors (Lipinski definition) is 1. The normalized spacial score (nSPS) is 21.0. The molecule has 1 fully saturated rings. The fourth-order valence-electron chi connectivity index (χ4n) is 1.42. The average molecular weight is 203 g/mol. The number of nitrogens with zero attached hydrogens (tertiary/aromatic N) is 1. The van der Waals surface area contributed by atoms with Crippen molar-refractivity contribution < 1.29 is 14.6 Å². The second-order valence-electron chi connectivity index (χ2n) is 3.56. The van der Waals surface area contributed by atoms with E-state index in [9.17, 15) is 5.11 Å². The van der Waals surface area contributed by atoms with Crippen molar-refractivity contribution in [2.75, 3.05) is 39.5 Å². The summed E-state index contributed by atoms with van der Waals surface area (Å²) in [5, 5.41) is 9.72. The van der Waals surface area contributed by atoms with Gasteiger partial charge in [0.2, 0.25) is 0 Å². The van der Waals surface area contributed by atoms with Crippen LogP contribution in [0.25, 0.3) is 0 Å². The molecule has 0 aromatic heterocycles. The third-order valence-electron chi connectivity index (χ3n) is 2.38. The van der Waals surface area contributed by atoms with Crippen molar-refractivity contribution in [2.24, 2.45) is 0 Å². The lowest BCUT2D eigenvalue weighted by Gasteiger charge is -2.30. The van der Waals surface area contributed by atoms with Crippen molar-refractivity contribution in [1.29, 1.82) is 0 Å². The van der Waals surface area contributed by atoms with Crippen LogP contribution in [0.1, 0.15) is 19.8 Å². The number of ether oxygens (including phenoxy) is 2. The van der Waals surface area contributed by atoms with Crippen LogP contribution in [0.15, 0.2) is 0 Å². The minimum Gasteiger partial charge on any atom is -0.379 e. The average Bonchev–Trinajstić information content (AvgIpc) is 2.25. The maximum absolute atomic E-state index is 9.72. The van der Waals surface area contributed by atoms with Crippen molar-refractivity contribution in [3.8, 4) is 0 Å². The smallest absolute Gasteiger partial charge is 0.131 e. The topological polar surface area (TPSA) is 41.9 Å². The van der Waals surface area contributed by atoms with Gasteiger partial charge in [-0.15, -0.1) is 0 Å². The number of unbranched alkanes of at least 4 members (excludes halogenated alkanes) is 1. The molecule has 1 atom stereocenters. The van der Waals surface area contributed by atoms with Gasteiger partial charge in [0, 0.05) is 19.7 Å². The van der Waals surface area contributed by atoms with E-state index in [4.69, 9.17) is 9.47 Å². The quantitative estimate of drug-likeness (QED) is 0.637. The molecule has 0 bridgehead atoms. The van der Waals surface area contributed by atoms with Gasteiger partial charge in [0.15, 0.2) is 0 Å².